The van der Waals surface area contributed by atoms with E-state index < -0.39 is 11.6 Å². The van der Waals surface area contributed by atoms with Crippen molar-refractivity contribution in [2.45, 2.75) is 81.0 Å². The summed E-state index contributed by atoms with van der Waals surface area (Å²) in [6.45, 7) is 4.29. The molecule has 0 spiro atoms. The summed E-state index contributed by atoms with van der Waals surface area (Å²) in [6, 6.07) is 4.04. The second kappa shape index (κ2) is 7.51. The van der Waals surface area contributed by atoms with Crippen LogP contribution in [-0.2, 0) is 0 Å². The second-order valence-electron chi connectivity index (χ2n) is 8.87. The maximum absolute atomic E-state index is 14.9. The predicted octanol–water partition coefficient (Wildman–Crippen LogP) is 3.72. The van der Waals surface area contributed by atoms with Crippen molar-refractivity contribution < 1.29 is 8.78 Å². The lowest BCUT2D eigenvalue weighted by molar-refractivity contribution is 0.127. The van der Waals surface area contributed by atoms with Crippen LogP contribution >= 0.6 is 11.8 Å². The van der Waals surface area contributed by atoms with Crippen LogP contribution in [0.15, 0.2) is 18.2 Å². The van der Waals surface area contributed by atoms with Gasteiger partial charge in [-0.05, 0) is 44.7 Å². The van der Waals surface area contributed by atoms with Gasteiger partial charge in [-0.15, -0.1) is 11.8 Å². The number of hydrogen-bond donors (Lipinski definition) is 3. The topological polar surface area (TPSA) is 39.3 Å². The number of nitrogens with one attached hydrogen (secondary N) is 3. The molecule has 8 atom stereocenters. The van der Waals surface area contributed by atoms with Crippen molar-refractivity contribution in [2.75, 3.05) is 0 Å². The summed E-state index contributed by atoms with van der Waals surface area (Å²) in [7, 11) is 0. The van der Waals surface area contributed by atoms with E-state index in [1.807, 2.05) is 0 Å². The van der Waals surface area contributed by atoms with Crippen molar-refractivity contribution in [1.29, 1.82) is 0 Å². The van der Waals surface area contributed by atoms with Crippen molar-refractivity contribution in [3.8, 4) is 0 Å². The summed E-state index contributed by atoms with van der Waals surface area (Å²) in [6.07, 6.45) is 6.46. The van der Waals surface area contributed by atoms with E-state index in [-0.39, 0.29) is 41.3 Å². The van der Waals surface area contributed by atoms with Crippen LogP contribution in [0.4, 0.5) is 8.78 Å². The molecule has 1 aliphatic carbocycles. The lowest BCUT2D eigenvalue weighted by Crippen LogP contribution is -2.51. The third-order valence-corrected chi connectivity index (χ3v) is 9.03. The van der Waals surface area contributed by atoms with Crippen LogP contribution in [0.2, 0.25) is 0 Å². The molecule has 1 aromatic rings. The highest BCUT2D eigenvalue weighted by Crippen LogP contribution is 2.56. The molecule has 1 aromatic carbocycles. The highest BCUT2D eigenvalue weighted by Gasteiger charge is 2.56. The molecule has 154 valence electrons. The molecule has 0 bridgehead atoms. The maximum Gasteiger partial charge on any atom is 0.130 e. The first-order valence-corrected chi connectivity index (χ1v) is 11.6. The number of thioether (sulfide) groups is 1. The van der Waals surface area contributed by atoms with Gasteiger partial charge in [-0.1, -0.05) is 25.3 Å². The number of benzene rings is 1. The molecule has 3 heterocycles. The third kappa shape index (κ3) is 3.01. The quantitative estimate of drug-likeness (QED) is 0.661. The van der Waals surface area contributed by atoms with E-state index >= 15 is 0 Å². The van der Waals surface area contributed by atoms with Crippen LogP contribution in [-0.4, -0.2) is 33.9 Å². The van der Waals surface area contributed by atoms with Gasteiger partial charge in [0.1, 0.15) is 11.6 Å². The van der Waals surface area contributed by atoms with E-state index in [4.69, 9.17) is 0 Å². The fourth-order valence-corrected chi connectivity index (χ4v) is 8.18. The van der Waals surface area contributed by atoms with Gasteiger partial charge in [-0.2, -0.15) is 0 Å². The summed E-state index contributed by atoms with van der Waals surface area (Å²) < 4.78 is 29.8. The third-order valence-electron chi connectivity index (χ3n) is 7.26. The molecule has 4 nitrogen and oxygen atoms in total. The molecular weight excluding hydrogens is 378 g/mol. The van der Waals surface area contributed by atoms with E-state index in [0.29, 0.717) is 11.2 Å². The van der Waals surface area contributed by atoms with E-state index in [9.17, 15) is 8.78 Å². The predicted molar refractivity (Wildman–Crippen MR) is 108 cm³/mol. The maximum atomic E-state index is 14.9. The Bertz CT molecular complexity index is 714. The molecule has 3 saturated heterocycles. The Kier molecular flexibility index (Phi) is 5.16. The van der Waals surface area contributed by atoms with Gasteiger partial charge in [0, 0.05) is 28.8 Å². The Morgan fingerprint density at radius 3 is 2.57 bits per heavy atom. The van der Waals surface area contributed by atoms with Gasteiger partial charge in [0.25, 0.3) is 0 Å². The Labute approximate surface area is 170 Å². The summed E-state index contributed by atoms with van der Waals surface area (Å²) in [5, 5.41) is 4.49. The Morgan fingerprint density at radius 2 is 1.79 bits per heavy atom. The summed E-state index contributed by atoms with van der Waals surface area (Å²) in [4.78, 5) is 2.51. The number of hydrazine groups is 1. The largest absolute Gasteiger partial charge is 0.304 e. The van der Waals surface area contributed by atoms with Crippen LogP contribution in [0.25, 0.3) is 0 Å². The van der Waals surface area contributed by atoms with Crippen LogP contribution in [0, 0.1) is 23.5 Å². The molecular formula is C21H30F2N4S. The zero-order chi connectivity index (χ0) is 19.4. The van der Waals surface area contributed by atoms with E-state index in [2.05, 4.69) is 46.7 Å². The lowest BCUT2D eigenvalue weighted by atomic mass is 9.78. The molecule has 5 rings (SSSR count). The highest BCUT2D eigenvalue weighted by atomic mass is 32.2. The van der Waals surface area contributed by atoms with Gasteiger partial charge in [0.15, 0.2) is 0 Å². The number of hydrogen-bond acceptors (Lipinski definition) is 5. The molecule has 7 heteroatoms. The molecule has 4 fully saturated rings. The zero-order valence-electron chi connectivity index (χ0n) is 16.5. The monoisotopic (exact) mass is 408 g/mol. The van der Waals surface area contributed by atoms with Gasteiger partial charge >= 0.3 is 0 Å². The number of fused-ring (bicyclic) bond motifs is 5. The fourth-order valence-electron chi connectivity index (χ4n) is 6.00. The molecule has 3 N–H and O–H groups in total. The van der Waals surface area contributed by atoms with Crippen LogP contribution in [0.1, 0.15) is 57.6 Å². The van der Waals surface area contributed by atoms with E-state index in [0.717, 1.165) is 6.42 Å². The van der Waals surface area contributed by atoms with Gasteiger partial charge in [-0.25, -0.2) is 19.6 Å². The minimum Gasteiger partial charge on any atom is -0.304 e. The van der Waals surface area contributed by atoms with Crippen molar-refractivity contribution in [2.24, 2.45) is 11.8 Å². The average Bonchev–Trinajstić information content (AvgIpc) is 3.08. The molecule has 0 amide bonds. The minimum atomic E-state index is -0.424. The lowest BCUT2D eigenvalue weighted by Gasteiger charge is -2.36. The average molecular weight is 409 g/mol. The molecule has 28 heavy (non-hydrogen) atoms. The Balaban J connectivity index is 1.62. The summed E-state index contributed by atoms with van der Waals surface area (Å²) >= 11 is 2.06. The highest BCUT2D eigenvalue weighted by molar-refractivity contribution is 8.00. The molecule has 3 aliphatic heterocycles. The van der Waals surface area contributed by atoms with Crippen LogP contribution in [0.3, 0.4) is 0 Å². The molecule has 0 radical (unpaired) electrons. The number of rotatable bonds is 1. The zero-order valence-corrected chi connectivity index (χ0v) is 17.3. The molecule has 1 saturated carbocycles. The smallest absolute Gasteiger partial charge is 0.130 e. The summed E-state index contributed by atoms with van der Waals surface area (Å²) in [5.74, 6) is -0.165. The number of halogens is 2. The Morgan fingerprint density at radius 1 is 1.04 bits per heavy atom. The van der Waals surface area contributed by atoms with Crippen molar-refractivity contribution in [3.05, 3.63) is 35.4 Å². The summed E-state index contributed by atoms with van der Waals surface area (Å²) in [5.41, 5.74) is 7.03. The van der Waals surface area contributed by atoms with E-state index in [1.54, 1.807) is 0 Å². The standard InChI is InChI=1S/C21H30F2N4S/c1-11-20-26-25-12(2)27(20)21-17(13-7-4-3-5-10-16(13)28-21)19(24-11)18-14(22)8-6-9-15(18)23/h6,8-9,11-13,16-17,19-21,24-26H,3-5,7,10H2,1-2H3/t11-,12?,13?,16?,17?,19?,20?,21?/m0/s1. The molecule has 0 aromatic heterocycles. The first kappa shape index (κ1) is 19.2. The molecule has 4 aliphatic rings. The van der Waals surface area contributed by atoms with Crippen LogP contribution < -0.4 is 16.2 Å². The SMILES string of the molecule is CC1NNC2[C@H](C)NC(c3c(F)cccc3F)C3C4CCCCCC4SC3N12. The minimum absolute atomic E-state index is 0.0666. The normalized spacial score (nSPS) is 43.7. The fraction of sp³-hybridized carbons (Fsp3) is 0.714. The second-order valence-corrected chi connectivity index (χ2v) is 10.2. The number of nitrogens with zero attached hydrogens (tertiary/aromatic N) is 1. The first-order valence-electron chi connectivity index (χ1n) is 10.7. The van der Waals surface area contributed by atoms with Crippen molar-refractivity contribution >= 4 is 11.8 Å². The van der Waals surface area contributed by atoms with Gasteiger partial charge in [0.05, 0.1) is 17.7 Å². The van der Waals surface area contributed by atoms with Crippen molar-refractivity contribution in [1.82, 2.24) is 21.1 Å². The van der Waals surface area contributed by atoms with Gasteiger partial charge < -0.3 is 5.32 Å². The molecule has 7 unspecified atom stereocenters. The van der Waals surface area contributed by atoms with E-state index in [1.165, 1.54) is 43.9 Å². The van der Waals surface area contributed by atoms with Gasteiger partial charge in [0.2, 0.25) is 0 Å². The Hall–Kier alpha value is -0.730. The van der Waals surface area contributed by atoms with Crippen LogP contribution in [0.5, 0.6) is 0 Å². The first-order chi connectivity index (χ1) is 13.6. The van der Waals surface area contributed by atoms with Gasteiger partial charge in [-0.3, -0.25) is 4.90 Å². The van der Waals surface area contributed by atoms with Crippen molar-refractivity contribution in [3.63, 3.8) is 0 Å².